The highest BCUT2D eigenvalue weighted by molar-refractivity contribution is 6.06. The number of benzene rings is 2. The number of ether oxygens (including phenoxy) is 2. The van der Waals surface area contributed by atoms with E-state index in [0.717, 1.165) is 18.5 Å². The first-order valence-corrected chi connectivity index (χ1v) is 13.3. The van der Waals surface area contributed by atoms with Crippen molar-refractivity contribution in [2.24, 2.45) is 0 Å². The molecule has 0 saturated carbocycles. The number of nitrogen functional groups attached to an aromatic ring is 1. The summed E-state index contributed by atoms with van der Waals surface area (Å²) in [6, 6.07) is 10.8. The zero-order valence-corrected chi connectivity index (χ0v) is 22.8. The lowest BCUT2D eigenvalue weighted by atomic mass is 10.1. The maximum Gasteiger partial charge on any atom is 0.255 e. The number of fused-ring (bicyclic) bond motifs is 2. The largest absolute Gasteiger partial charge is 0.453 e. The third-order valence-corrected chi connectivity index (χ3v) is 7.44. The number of aromatic nitrogens is 4. The Bertz CT molecular complexity index is 1660. The summed E-state index contributed by atoms with van der Waals surface area (Å²) in [4.78, 5) is 37.9. The van der Waals surface area contributed by atoms with Gasteiger partial charge in [0.05, 0.1) is 23.7 Å². The van der Waals surface area contributed by atoms with Gasteiger partial charge in [0.25, 0.3) is 5.91 Å². The summed E-state index contributed by atoms with van der Waals surface area (Å²) >= 11 is 0. The number of nitrogens with one attached hydrogen (secondary N) is 1. The van der Waals surface area contributed by atoms with Gasteiger partial charge >= 0.3 is 0 Å². The molecule has 2 aromatic heterocycles. The van der Waals surface area contributed by atoms with Gasteiger partial charge in [-0.3, -0.25) is 9.59 Å². The Labute approximate surface area is 236 Å². The number of nitrogens with zero attached hydrogens (tertiary/aromatic N) is 6. The lowest BCUT2D eigenvalue weighted by Crippen LogP contribution is -2.37. The third-order valence-electron chi connectivity index (χ3n) is 7.44. The van der Waals surface area contributed by atoms with E-state index in [1.165, 1.54) is 12.4 Å². The van der Waals surface area contributed by atoms with Crippen molar-refractivity contribution in [1.29, 1.82) is 0 Å². The zero-order valence-electron chi connectivity index (χ0n) is 22.8. The minimum absolute atomic E-state index is 0.0158. The second kappa shape index (κ2) is 10.5. The first-order chi connectivity index (χ1) is 19.9. The molecule has 6 rings (SSSR count). The minimum Gasteiger partial charge on any atom is -0.453 e. The van der Waals surface area contributed by atoms with Gasteiger partial charge < -0.3 is 30.3 Å². The average Bonchev–Trinajstić information content (AvgIpc) is 3.73. The van der Waals surface area contributed by atoms with Crippen LogP contribution in [-0.2, 0) is 11.3 Å². The molecule has 0 bridgehead atoms. The number of likely N-dealkylation sites (tertiary alicyclic amines) is 1. The molecule has 210 valence electrons. The Kier molecular flexibility index (Phi) is 6.66. The highest BCUT2D eigenvalue weighted by Gasteiger charge is 2.31. The number of amides is 2. The minimum atomic E-state index is -0.275. The summed E-state index contributed by atoms with van der Waals surface area (Å²) < 4.78 is 13.4. The van der Waals surface area contributed by atoms with Gasteiger partial charge in [-0.1, -0.05) is 6.58 Å². The number of nitrogens with two attached hydrogens (primary N) is 1. The van der Waals surface area contributed by atoms with Crippen LogP contribution in [0.25, 0.3) is 22.3 Å². The molecule has 12 nitrogen and oxygen atoms in total. The monoisotopic (exact) mass is 554 g/mol. The molecular weight excluding hydrogens is 524 g/mol. The number of rotatable bonds is 7. The topological polar surface area (TPSA) is 141 Å². The van der Waals surface area contributed by atoms with Crippen LogP contribution >= 0.6 is 0 Å². The van der Waals surface area contributed by atoms with Crippen LogP contribution in [0.15, 0.2) is 55.4 Å². The summed E-state index contributed by atoms with van der Waals surface area (Å²) in [5, 5.41) is 8.39. The number of hydrogen-bond acceptors (Lipinski definition) is 9. The van der Waals surface area contributed by atoms with Crippen LogP contribution in [0.1, 0.15) is 23.2 Å². The van der Waals surface area contributed by atoms with Gasteiger partial charge in [-0.05, 0) is 55.3 Å². The molecule has 3 N–H and O–H groups in total. The molecule has 0 radical (unpaired) electrons. The van der Waals surface area contributed by atoms with Crippen molar-refractivity contribution in [3.63, 3.8) is 0 Å². The van der Waals surface area contributed by atoms with Crippen LogP contribution in [0.3, 0.4) is 0 Å². The molecule has 0 spiro atoms. The van der Waals surface area contributed by atoms with Crippen molar-refractivity contribution in [3.8, 4) is 22.8 Å². The summed E-state index contributed by atoms with van der Waals surface area (Å²) in [7, 11) is 3.88. The van der Waals surface area contributed by atoms with Crippen molar-refractivity contribution in [3.05, 3.63) is 60.9 Å². The lowest BCUT2D eigenvalue weighted by Gasteiger charge is -2.23. The Morgan fingerprint density at radius 1 is 1.15 bits per heavy atom. The molecule has 2 aliphatic rings. The van der Waals surface area contributed by atoms with Crippen LogP contribution in [0, 0.1) is 0 Å². The van der Waals surface area contributed by atoms with E-state index in [4.69, 9.17) is 20.3 Å². The number of anilines is 3. The van der Waals surface area contributed by atoms with Crippen molar-refractivity contribution in [2.75, 3.05) is 43.4 Å². The molecule has 2 aromatic carbocycles. The molecular formula is C29H30N8O4. The smallest absolute Gasteiger partial charge is 0.255 e. The van der Waals surface area contributed by atoms with Crippen molar-refractivity contribution >= 4 is 40.0 Å². The fourth-order valence-electron chi connectivity index (χ4n) is 5.37. The van der Waals surface area contributed by atoms with Crippen molar-refractivity contribution < 1.29 is 19.1 Å². The Morgan fingerprint density at radius 3 is 2.68 bits per heavy atom. The van der Waals surface area contributed by atoms with Crippen molar-refractivity contribution in [1.82, 2.24) is 24.6 Å². The Hall–Kier alpha value is -5.13. The molecule has 0 aliphatic carbocycles. The lowest BCUT2D eigenvalue weighted by molar-refractivity contribution is -0.127. The highest BCUT2D eigenvalue weighted by Crippen LogP contribution is 2.48. The predicted molar refractivity (Wildman–Crippen MR) is 155 cm³/mol. The summed E-state index contributed by atoms with van der Waals surface area (Å²) in [6.07, 6.45) is 4.48. The van der Waals surface area contributed by atoms with Gasteiger partial charge in [-0.2, -0.15) is 5.10 Å². The van der Waals surface area contributed by atoms with Crippen LogP contribution in [0.4, 0.5) is 17.2 Å². The predicted octanol–water partition coefficient (Wildman–Crippen LogP) is 3.30. The zero-order chi connectivity index (χ0) is 28.7. The van der Waals surface area contributed by atoms with Gasteiger partial charge in [0.1, 0.15) is 17.8 Å². The summed E-state index contributed by atoms with van der Waals surface area (Å²) in [5.41, 5.74) is 10.0. The van der Waals surface area contributed by atoms with E-state index in [-0.39, 0.29) is 30.5 Å². The highest BCUT2D eigenvalue weighted by atomic mass is 16.7. The van der Waals surface area contributed by atoms with E-state index in [1.807, 2.05) is 36.0 Å². The van der Waals surface area contributed by atoms with Gasteiger partial charge in [0.15, 0.2) is 17.1 Å². The standard InChI is InChI=1S/C29H30N8O4/c1-4-22(38)36-13-5-6-19(36)14-37-28-23(27(30)31-15-32-28)24(34-37)20-11-12-21(26-25(20)40-16-41-26)33-29(39)17-7-9-18(10-8-17)35(2)3/h4,7-12,15,19H,1,5-6,13-14,16H2,2-3H3,(H,33,39)(H2,30,31,32)/t19-/m0/s1. The van der Waals surface area contributed by atoms with Crippen LogP contribution in [0.2, 0.25) is 0 Å². The van der Waals surface area contributed by atoms with Crippen LogP contribution in [-0.4, -0.2) is 69.9 Å². The van der Waals surface area contributed by atoms with E-state index in [9.17, 15) is 9.59 Å². The fourth-order valence-corrected chi connectivity index (χ4v) is 5.37. The van der Waals surface area contributed by atoms with E-state index in [0.29, 0.717) is 58.1 Å². The molecule has 1 atom stereocenters. The van der Waals surface area contributed by atoms with Gasteiger partial charge in [-0.25, -0.2) is 14.6 Å². The molecule has 1 saturated heterocycles. The van der Waals surface area contributed by atoms with Crippen molar-refractivity contribution in [2.45, 2.75) is 25.4 Å². The normalized spacial score (nSPS) is 15.8. The second-order valence-corrected chi connectivity index (χ2v) is 10.1. The first kappa shape index (κ1) is 26.1. The number of carbonyl (C=O) groups excluding carboxylic acids is 2. The molecule has 2 amide bonds. The van der Waals surface area contributed by atoms with E-state index >= 15 is 0 Å². The molecule has 12 heteroatoms. The first-order valence-electron chi connectivity index (χ1n) is 13.3. The molecule has 2 aliphatic heterocycles. The molecule has 1 fully saturated rings. The Balaban J connectivity index is 1.35. The number of hydrogen-bond donors (Lipinski definition) is 2. The van der Waals surface area contributed by atoms with E-state index < -0.39 is 0 Å². The van der Waals surface area contributed by atoms with Crippen LogP contribution in [0.5, 0.6) is 11.5 Å². The van der Waals surface area contributed by atoms with Gasteiger partial charge in [0, 0.05) is 37.5 Å². The third kappa shape index (κ3) is 4.66. The quantitative estimate of drug-likeness (QED) is 0.329. The van der Waals surface area contributed by atoms with Gasteiger partial charge in [-0.15, -0.1) is 0 Å². The molecule has 4 aromatic rings. The SMILES string of the molecule is C=CC(=O)N1CCC[C@H]1Cn1nc(-c2ccc(NC(=O)c3ccc(N(C)C)cc3)c3c2OCO3)c2c(N)ncnc21. The average molecular weight is 555 g/mol. The number of carbonyl (C=O) groups is 2. The fraction of sp³-hybridized carbons (Fsp3) is 0.276. The summed E-state index contributed by atoms with van der Waals surface area (Å²) in [6.45, 7) is 4.73. The second-order valence-electron chi connectivity index (χ2n) is 10.1. The van der Waals surface area contributed by atoms with E-state index in [2.05, 4.69) is 21.9 Å². The maximum absolute atomic E-state index is 13.0. The molecule has 4 heterocycles. The molecule has 41 heavy (non-hydrogen) atoms. The van der Waals surface area contributed by atoms with Gasteiger partial charge in [0.2, 0.25) is 12.7 Å². The Morgan fingerprint density at radius 2 is 1.93 bits per heavy atom. The maximum atomic E-state index is 13.0. The molecule has 0 unspecified atom stereocenters. The van der Waals surface area contributed by atoms with Crippen LogP contribution < -0.4 is 25.4 Å². The summed E-state index contributed by atoms with van der Waals surface area (Å²) in [5.74, 6) is 0.728. The van der Waals surface area contributed by atoms with E-state index in [1.54, 1.807) is 28.9 Å².